The summed E-state index contributed by atoms with van der Waals surface area (Å²) in [5.41, 5.74) is 4.75. The monoisotopic (exact) mass is 304 g/mol. The number of morpholine rings is 1. The Morgan fingerprint density at radius 3 is 2.71 bits per heavy atom. The molecule has 5 nitrogen and oxygen atoms in total. The molecule has 1 aromatic rings. The zero-order valence-electron chi connectivity index (χ0n) is 11.3. The minimum Gasteiger partial charge on any atom is -0.503 e. The first-order chi connectivity index (χ1) is 9.85. The van der Waals surface area contributed by atoms with E-state index < -0.39 is 40.8 Å². The van der Waals surface area contributed by atoms with Crippen LogP contribution in [0.25, 0.3) is 0 Å². The van der Waals surface area contributed by atoms with Gasteiger partial charge >= 0.3 is 0 Å². The van der Waals surface area contributed by atoms with Gasteiger partial charge in [0.05, 0.1) is 17.8 Å². The number of phenols is 1. The molecule has 8 heteroatoms. The highest BCUT2D eigenvalue weighted by molar-refractivity contribution is 5.95. The Kier molecular flexibility index (Phi) is 4.38. The molecule has 1 aliphatic heterocycles. The van der Waals surface area contributed by atoms with Gasteiger partial charge in [-0.3, -0.25) is 4.79 Å². The quantitative estimate of drug-likeness (QED) is 0.799. The van der Waals surface area contributed by atoms with Gasteiger partial charge in [-0.2, -0.15) is 4.39 Å². The summed E-state index contributed by atoms with van der Waals surface area (Å²) in [4.78, 5) is 13.5. The Balaban J connectivity index is 2.32. The van der Waals surface area contributed by atoms with Crippen molar-refractivity contribution < 1.29 is 27.8 Å². The van der Waals surface area contributed by atoms with E-state index in [1.54, 1.807) is 6.92 Å². The van der Waals surface area contributed by atoms with Crippen LogP contribution in [-0.2, 0) is 4.74 Å². The maximum atomic E-state index is 13.8. The van der Waals surface area contributed by atoms with Crippen molar-refractivity contribution >= 4 is 5.91 Å². The average molecular weight is 304 g/mol. The summed E-state index contributed by atoms with van der Waals surface area (Å²) in [5.74, 6) is -7.05. The number of nitrogens with two attached hydrogens (primary N) is 1. The van der Waals surface area contributed by atoms with Gasteiger partial charge in [-0.05, 0) is 13.0 Å². The number of halogens is 3. The second-order valence-electron chi connectivity index (χ2n) is 4.90. The van der Waals surface area contributed by atoms with Gasteiger partial charge in [-0.25, -0.2) is 8.78 Å². The van der Waals surface area contributed by atoms with Crippen molar-refractivity contribution in [3.8, 4) is 5.75 Å². The number of rotatable bonds is 2. The fourth-order valence-electron chi connectivity index (χ4n) is 2.26. The minimum atomic E-state index is -1.72. The third-order valence-corrected chi connectivity index (χ3v) is 3.24. The number of carbonyl (C=O) groups is 1. The van der Waals surface area contributed by atoms with Gasteiger partial charge in [0, 0.05) is 19.6 Å². The molecule has 2 unspecified atom stereocenters. The summed E-state index contributed by atoms with van der Waals surface area (Å²) < 4.78 is 45.5. The summed E-state index contributed by atoms with van der Waals surface area (Å²) in [5, 5.41) is 9.16. The van der Waals surface area contributed by atoms with Crippen molar-refractivity contribution in [2.75, 3.05) is 19.6 Å². The molecule has 0 aliphatic carbocycles. The lowest BCUT2D eigenvalue weighted by molar-refractivity contribution is -0.0626. The van der Waals surface area contributed by atoms with E-state index in [1.165, 1.54) is 4.90 Å². The molecule has 0 bridgehead atoms. The molecule has 0 spiro atoms. The van der Waals surface area contributed by atoms with Crippen LogP contribution in [0.1, 0.15) is 17.3 Å². The predicted octanol–water partition coefficient (Wildman–Crippen LogP) is 0.998. The summed E-state index contributed by atoms with van der Waals surface area (Å²) >= 11 is 0. The van der Waals surface area contributed by atoms with Crippen LogP contribution in [0.15, 0.2) is 6.07 Å². The zero-order chi connectivity index (χ0) is 15.7. The van der Waals surface area contributed by atoms with Gasteiger partial charge < -0.3 is 20.5 Å². The highest BCUT2D eigenvalue weighted by Crippen LogP contribution is 2.27. The molecule has 1 saturated heterocycles. The predicted molar refractivity (Wildman–Crippen MR) is 67.3 cm³/mol. The molecule has 1 heterocycles. The van der Waals surface area contributed by atoms with Crippen LogP contribution in [0.2, 0.25) is 0 Å². The van der Waals surface area contributed by atoms with E-state index >= 15 is 0 Å². The topological polar surface area (TPSA) is 75.8 Å². The lowest BCUT2D eigenvalue weighted by atomic mass is 10.1. The first-order valence-corrected chi connectivity index (χ1v) is 6.36. The van der Waals surface area contributed by atoms with Gasteiger partial charge in [0.1, 0.15) is 0 Å². The number of phenolic OH excluding ortho intramolecular Hbond substituents is 1. The van der Waals surface area contributed by atoms with Crippen LogP contribution < -0.4 is 5.73 Å². The van der Waals surface area contributed by atoms with Gasteiger partial charge in [-0.1, -0.05) is 0 Å². The molecule has 1 aromatic carbocycles. The Bertz CT molecular complexity index is 568. The van der Waals surface area contributed by atoms with Gasteiger partial charge in [0.2, 0.25) is 5.82 Å². The number of ether oxygens (including phenoxy) is 1. The number of nitrogens with zero attached hydrogens (tertiary/aromatic N) is 1. The number of hydrogen-bond donors (Lipinski definition) is 2. The van der Waals surface area contributed by atoms with E-state index in [1.807, 2.05) is 0 Å². The molecule has 3 N–H and O–H groups in total. The molecular weight excluding hydrogens is 289 g/mol. The Morgan fingerprint density at radius 2 is 2.10 bits per heavy atom. The maximum Gasteiger partial charge on any atom is 0.257 e. The van der Waals surface area contributed by atoms with E-state index in [9.17, 15) is 18.0 Å². The van der Waals surface area contributed by atoms with Crippen molar-refractivity contribution in [2.45, 2.75) is 19.1 Å². The largest absolute Gasteiger partial charge is 0.503 e. The van der Waals surface area contributed by atoms with Gasteiger partial charge in [0.15, 0.2) is 17.4 Å². The molecule has 0 radical (unpaired) electrons. The second kappa shape index (κ2) is 5.90. The lowest BCUT2D eigenvalue weighted by Crippen LogP contribution is -2.51. The molecule has 1 amide bonds. The Hall–Kier alpha value is -1.80. The maximum absolute atomic E-state index is 13.8. The van der Waals surface area contributed by atoms with Crippen LogP contribution in [0.5, 0.6) is 5.75 Å². The average Bonchev–Trinajstić information content (AvgIpc) is 2.47. The first kappa shape index (κ1) is 15.6. The van der Waals surface area contributed by atoms with Gasteiger partial charge in [-0.15, -0.1) is 0 Å². The van der Waals surface area contributed by atoms with Crippen molar-refractivity contribution in [1.82, 2.24) is 4.90 Å². The lowest BCUT2D eigenvalue weighted by Gasteiger charge is -2.36. The molecule has 2 rings (SSSR count). The van der Waals surface area contributed by atoms with E-state index in [4.69, 9.17) is 15.6 Å². The third kappa shape index (κ3) is 2.96. The van der Waals surface area contributed by atoms with Gasteiger partial charge in [0.25, 0.3) is 5.91 Å². The van der Waals surface area contributed by atoms with Crippen molar-refractivity contribution in [3.05, 3.63) is 29.1 Å². The van der Waals surface area contributed by atoms with Crippen LogP contribution >= 0.6 is 0 Å². The molecule has 116 valence electrons. The molecule has 2 atom stereocenters. The first-order valence-electron chi connectivity index (χ1n) is 6.36. The van der Waals surface area contributed by atoms with E-state index in [0.717, 1.165) is 0 Å². The molecular formula is C13H15F3N2O3. The fraction of sp³-hybridized carbons (Fsp3) is 0.462. The normalized spacial score (nSPS) is 22.4. The molecule has 21 heavy (non-hydrogen) atoms. The third-order valence-electron chi connectivity index (χ3n) is 3.24. The van der Waals surface area contributed by atoms with E-state index in [2.05, 4.69) is 0 Å². The molecule has 1 fully saturated rings. The van der Waals surface area contributed by atoms with Crippen molar-refractivity contribution in [3.63, 3.8) is 0 Å². The van der Waals surface area contributed by atoms with Crippen LogP contribution in [0, 0.1) is 17.5 Å². The molecule has 0 saturated carbocycles. The van der Waals surface area contributed by atoms with Crippen LogP contribution in [0.4, 0.5) is 13.2 Å². The Labute approximate surface area is 119 Å². The van der Waals surface area contributed by atoms with E-state index in [-0.39, 0.29) is 25.7 Å². The second-order valence-corrected chi connectivity index (χ2v) is 4.90. The summed E-state index contributed by atoms with van der Waals surface area (Å²) in [6, 6.07) is 0.435. The highest BCUT2D eigenvalue weighted by Gasteiger charge is 2.31. The fourth-order valence-corrected chi connectivity index (χ4v) is 2.26. The molecule has 1 aliphatic rings. The highest BCUT2D eigenvalue weighted by atomic mass is 19.2. The van der Waals surface area contributed by atoms with Crippen LogP contribution in [0.3, 0.4) is 0 Å². The minimum absolute atomic E-state index is 0.110. The molecule has 0 aromatic heterocycles. The SMILES string of the molecule is CC1CN(C(=O)c2cc(F)c(F)c(O)c2F)CC(CN)O1. The summed E-state index contributed by atoms with van der Waals surface area (Å²) in [6.07, 6.45) is -0.738. The Morgan fingerprint density at radius 1 is 1.43 bits per heavy atom. The van der Waals surface area contributed by atoms with Crippen molar-refractivity contribution in [1.29, 1.82) is 0 Å². The number of amides is 1. The zero-order valence-corrected chi connectivity index (χ0v) is 11.3. The standard InChI is InChI=1S/C13H15F3N2O3/c1-6-4-18(5-7(3-17)21-6)13(20)8-2-9(14)11(16)12(19)10(8)15/h2,6-7,19H,3-5,17H2,1H3. The number of aromatic hydroxyl groups is 1. The van der Waals surface area contributed by atoms with Crippen LogP contribution in [-0.4, -0.2) is 47.8 Å². The summed E-state index contributed by atoms with van der Waals surface area (Å²) in [7, 11) is 0. The number of carbonyl (C=O) groups excluding carboxylic acids is 1. The smallest absolute Gasteiger partial charge is 0.257 e. The summed E-state index contributed by atoms with van der Waals surface area (Å²) in [6.45, 7) is 2.15. The number of hydrogen-bond acceptors (Lipinski definition) is 4. The van der Waals surface area contributed by atoms with Crippen molar-refractivity contribution in [2.24, 2.45) is 5.73 Å². The number of benzene rings is 1. The van der Waals surface area contributed by atoms with E-state index in [0.29, 0.717) is 6.07 Å².